The summed E-state index contributed by atoms with van der Waals surface area (Å²) in [4.78, 5) is 23.9. The molecule has 43 heavy (non-hydrogen) atoms. The second-order valence-corrected chi connectivity index (χ2v) is 15.2. The lowest BCUT2D eigenvalue weighted by atomic mass is 9.42. The fraction of sp³-hybridized carbons (Fsp3) is 0.941. The molecule has 0 saturated heterocycles. The number of unbranched alkanes of at least 4 members (excludes halogenated alkanes) is 5. The molecule has 2 N–H and O–H groups in total. The fourth-order valence-corrected chi connectivity index (χ4v) is 10.3. The molecule has 0 heterocycles. The third kappa shape index (κ3) is 7.43. The highest BCUT2D eigenvalue weighted by atomic mass is 19.4. The van der Waals surface area contributed by atoms with E-state index in [9.17, 15) is 41.8 Å². The zero-order valence-corrected chi connectivity index (χ0v) is 26.1. The first-order valence-corrected chi connectivity index (χ1v) is 17.0. The summed E-state index contributed by atoms with van der Waals surface area (Å²) in [5, 5.41) is 20.4. The molecule has 0 bridgehead atoms. The SMILES string of the molecule is C[C@]12CCC(=O)C[C@@H]1CC[C@@H]1[C@@H]2[C@@H](CCCCCCCCC(CCCC(F)(F)C(F)(F)F)C(=O)O)C[C@]2(C)[C@@H](O)CC[C@@H]12. The highest BCUT2D eigenvalue weighted by molar-refractivity contribution is 5.79. The molecule has 4 aliphatic rings. The third-order valence-corrected chi connectivity index (χ3v) is 12.7. The normalized spacial score (nSPS) is 37.0. The van der Waals surface area contributed by atoms with Gasteiger partial charge in [-0.25, -0.2) is 0 Å². The predicted molar refractivity (Wildman–Crippen MR) is 155 cm³/mol. The number of carbonyl (C=O) groups is 2. The van der Waals surface area contributed by atoms with Crippen LogP contribution in [-0.2, 0) is 9.59 Å². The monoisotopic (exact) mass is 620 g/mol. The fourth-order valence-electron chi connectivity index (χ4n) is 10.3. The van der Waals surface area contributed by atoms with E-state index in [4.69, 9.17) is 0 Å². The molecule has 4 rings (SSSR count). The first-order chi connectivity index (χ1) is 20.1. The van der Waals surface area contributed by atoms with Crippen LogP contribution >= 0.6 is 0 Å². The van der Waals surface area contributed by atoms with Crippen LogP contribution in [0, 0.1) is 46.3 Å². The molecule has 9 heteroatoms. The number of carboxylic acids is 1. The molecule has 4 nitrogen and oxygen atoms in total. The van der Waals surface area contributed by atoms with Gasteiger partial charge in [0.2, 0.25) is 0 Å². The zero-order chi connectivity index (χ0) is 31.6. The number of carboxylic acid groups (broad SMARTS) is 1. The number of halogens is 5. The van der Waals surface area contributed by atoms with Gasteiger partial charge in [-0.3, -0.25) is 9.59 Å². The van der Waals surface area contributed by atoms with Gasteiger partial charge in [0.15, 0.2) is 0 Å². The van der Waals surface area contributed by atoms with Crippen LogP contribution < -0.4 is 0 Å². The van der Waals surface area contributed by atoms with Gasteiger partial charge in [0.05, 0.1) is 12.0 Å². The predicted octanol–water partition coefficient (Wildman–Crippen LogP) is 9.37. The average molecular weight is 621 g/mol. The lowest BCUT2D eigenvalue weighted by Gasteiger charge is -2.62. The Morgan fingerprint density at radius 3 is 2.23 bits per heavy atom. The van der Waals surface area contributed by atoms with Crippen molar-refractivity contribution in [2.24, 2.45) is 46.3 Å². The van der Waals surface area contributed by atoms with Crippen molar-refractivity contribution in [2.75, 3.05) is 0 Å². The number of aliphatic carboxylic acids is 1. The van der Waals surface area contributed by atoms with Gasteiger partial charge in [0.1, 0.15) is 5.78 Å². The van der Waals surface area contributed by atoms with E-state index in [-0.39, 0.29) is 23.4 Å². The topological polar surface area (TPSA) is 74.6 Å². The van der Waals surface area contributed by atoms with Crippen molar-refractivity contribution >= 4 is 11.8 Å². The minimum Gasteiger partial charge on any atom is -0.481 e. The van der Waals surface area contributed by atoms with Crippen LogP contribution in [0.2, 0.25) is 0 Å². The van der Waals surface area contributed by atoms with E-state index in [1.807, 2.05) is 0 Å². The maximum Gasteiger partial charge on any atom is 0.453 e. The van der Waals surface area contributed by atoms with E-state index in [1.54, 1.807) is 0 Å². The summed E-state index contributed by atoms with van der Waals surface area (Å²) in [5.41, 5.74) is 0.197. The molecule has 0 spiro atoms. The second kappa shape index (κ2) is 13.6. The summed E-state index contributed by atoms with van der Waals surface area (Å²) in [6, 6.07) is 0. The Bertz CT molecular complexity index is 969. The number of carbonyl (C=O) groups excluding carboxylic acids is 1. The van der Waals surface area contributed by atoms with E-state index < -0.39 is 36.8 Å². The summed E-state index contributed by atoms with van der Waals surface area (Å²) in [6.45, 7) is 4.79. The Kier molecular flexibility index (Phi) is 11.0. The first-order valence-electron chi connectivity index (χ1n) is 17.0. The molecule has 1 unspecified atom stereocenters. The standard InChI is InChI=1S/C34H53F5O4/c1-31-19-17-25(40)20-24(31)13-14-26-27-15-16-28(41)32(27,2)21-23(29(26)31)11-8-6-4-3-5-7-10-22(30(42)43)12-9-18-33(35,36)34(37,38)39/h22-24,26-29,41H,3-21H2,1-2H3,(H,42,43)/t22?,23-,24-,26-,27-,28-,29-,31-,32-/m0/s1. The number of fused-ring (bicyclic) bond motifs is 5. The third-order valence-electron chi connectivity index (χ3n) is 12.7. The van der Waals surface area contributed by atoms with Crippen molar-refractivity contribution in [1.82, 2.24) is 0 Å². The van der Waals surface area contributed by atoms with Crippen molar-refractivity contribution in [1.29, 1.82) is 0 Å². The summed E-state index contributed by atoms with van der Waals surface area (Å²) in [7, 11) is 0. The molecule has 0 radical (unpaired) electrons. The lowest BCUT2D eigenvalue weighted by molar-refractivity contribution is -0.284. The van der Waals surface area contributed by atoms with Crippen molar-refractivity contribution in [3.8, 4) is 0 Å². The van der Waals surface area contributed by atoms with Crippen LogP contribution in [0.1, 0.15) is 136 Å². The summed E-state index contributed by atoms with van der Waals surface area (Å²) in [6.07, 6.45) is 7.02. The number of rotatable bonds is 14. The maximum atomic E-state index is 13.1. The van der Waals surface area contributed by atoms with E-state index in [2.05, 4.69) is 13.8 Å². The van der Waals surface area contributed by atoms with Gasteiger partial charge in [-0.1, -0.05) is 58.8 Å². The summed E-state index contributed by atoms with van der Waals surface area (Å²) < 4.78 is 63.4. The average Bonchev–Trinajstić information content (AvgIpc) is 3.22. The van der Waals surface area contributed by atoms with Crippen LogP contribution in [0.5, 0.6) is 0 Å². The first kappa shape index (κ1) is 34.6. The number of alkyl halides is 5. The lowest BCUT2D eigenvalue weighted by Crippen LogP contribution is -2.57. The molecule has 248 valence electrons. The molecule has 9 atom stereocenters. The van der Waals surface area contributed by atoms with E-state index in [0.717, 1.165) is 77.0 Å². The highest BCUT2D eigenvalue weighted by Crippen LogP contribution is 2.68. The minimum atomic E-state index is -5.60. The smallest absolute Gasteiger partial charge is 0.453 e. The van der Waals surface area contributed by atoms with Gasteiger partial charge in [0.25, 0.3) is 0 Å². The van der Waals surface area contributed by atoms with E-state index >= 15 is 0 Å². The number of Topliss-reactive ketones (excluding diaryl/α,β-unsaturated/α-hetero) is 1. The van der Waals surface area contributed by atoms with Crippen LogP contribution in [0.15, 0.2) is 0 Å². The van der Waals surface area contributed by atoms with Crippen LogP contribution in [0.3, 0.4) is 0 Å². The molecule has 4 aliphatic carbocycles. The molecule has 0 aliphatic heterocycles. The van der Waals surface area contributed by atoms with Crippen LogP contribution in [0.25, 0.3) is 0 Å². The summed E-state index contributed by atoms with van der Waals surface area (Å²) >= 11 is 0. The molecule has 0 aromatic carbocycles. The Hall–Kier alpha value is -1.25. The van der Waals surface area contributed by atoms with Gasteiger partial charge < -0.3 is 10.2 Å². The number of aliphatic hydroxyl groups is 1. The number of hydrogen-bond donors (Lipinski definition) is 2. The molecule has 0 aromatic rings. The van der Waals surface area contributed by atoms with Crippen LogP contribution in [0.4, 0.5) is 22.0 Å². The molecular formula is C34H53F5O4. The van der Waals surface area contributed by atoms with E-state index in [1.165, 1.54) is 6.42 Å². The molecular weight excluding hydrogens is 567 g/mol. The maximum absolute atomic E-state index is 13.1. The summed E-state index contributed by atoms with van der Waals surface area (Å²) in [5.74, 6) is -3.51. The molecule has 0 amide bonds. The van der Waals surface area contributed by atoms with Gasteiger partial charge in [0, 0.05) is 19.3 Å². The van der Waals surface area contributed by atoms with Gasteiger partial charge in [-0.2, -0.15) is 22.0 Å². The van der Waals surface area contributed by atoms with Crippen molar-refractivity contribution in [3.05, 3.63) is 0 Å². The number of ketones is 1. The Morgan fingerprint density at radius 2 is 1.56 bits per heavy atom. The molecule has 4 saturated carbocycles. The number of hydrogen-bond acceptors (Lipinski definition) is 3. The number of aliphatic hydroxyl groups excluding tert-OH is 1. The van der Waals surface area contributed by atoms with Gasteiger partial charge in [-0.15, -0.1) is 0 Å². The molecule has 0 aromatic heterocycles. The van der Waals surface area contributed by atoms with Crippen LogP contribution in [-0.4, -0.2) is 40.2 Å². The quantitative estimate of drug-likeness (QED) is 0.150. The van der Waals surface area contributed by atoms with E-state index in [0.29, 0.717) is 54.6 Å². The minimum absolute atomic E-state index is 0.0111. The molecule has 4 fully saturated rings. The Morgan fingerprint density at radius 1 is 0.907 bits per heavy atom. The van der Waals surface area contributed by atoms with Crippen molar-refractivity contribution < 1.29 is 41.8 Å². The van der Waals surface area contributed by atoms with Gasteiger partial charge >= 0.3 is 18.1 Å². The highest BCUT2D eigenvalue weighted by Gasteiger charge is 2.62. The Labute approximate surface area is 253 Å². The van der Waals surface area contributed by atoms with Gasteiger partial charge in [-0.05, 0) is 98.2 Å². The van der Waals surface area contributed by atoms with Crippen molar-refractivity contribution in [2.45, 2.75) is 154 Å². The largest absolute Gasteiger partial charge is 0.481 e. The Balaban J connectivity index is 1.22. The zero-order valence-electron chi connectivity index (χ0n) is 26.1. The second-order valence-electron chi connectivity index (χ2n) is 15.2. The van der Waals surface area contributed by atoms with Crippen molar-refractivity contribution in [3.63, 3.8) is 0 Å².